The predicted molar refractivity (Wildman–Crippen MR) is 107 cm³/mol. The molecular formula is C19H19ClFN3O4S. The van der Waals surface area contributed by atoms with Crippen LogP contribution in [0.3, 0.4) is 0 Å². The van der Waals surface area contributed by atoms with Crippen molar-refractivity contribution in [1.82, 2.24) is 4.90 Å². The topological polar surface area (TPSA) is 101 Å². The number of Topliss-reactive ketones (excluding diaryl/α,β-unsaturated/α-hetero) is 1. The molecule has 1 aliphatic heterocycles. The first-order valence-corrected chi connectivity index (χ1v) is 10.7. The third kappa shape index (κ3) is 4.58. The number of rotatable bonds is 4. The lowest BCUT2D eigenvalue weighted by Crippen LogP contribution is -2.49. The molecule has 3 rings (SSSR count). The van der Waals surface area contributed by atoms with Gasteiger partial charge in [-0.15, -0.1) is 0 Å². The molecule has 0 aliphatic carbocycles. The monoisotopic (exact) mass is 439 g/mol. The largest absolute Gasteiger partial charge is 0.366 e. The molecule has 1 saturated heterocycles. The van der Waals surface area contributed by atoms with Crippen molar-refractivity contribution in [1.29, 1.82) is 0 Å². The first-order chi connectivity index (χ1) is 13.6. The number of halogens is 2. The summed E-state index contributed by atoms with van der Waals surface area (Å²) >= 11 is 5.93. The summed E-state index contributed by atoms with van der Waals surface area (Å²) in [7, 11) is -4.10. The van der Waals surface area contributed by atoms with Crippen LogP contribution >= 0.6 is 11.6 Å². The van der Waals surface area contributed by atoms with E-state index in [4.69, 9.17) is 16.7 Å². The van der Waals surface area contributed by atoms with Crippen molar-refractivity contribution >= 4 is 39.0 Å². The van der Waals surface area contributed by atoms with Gasteiger partial charge in [-0.25, -0.2) is 17.9 Å². The van der Waals surface area contributed by atoms with E-state index in [1.807, 2.05) is 0 Å². The third-order valence-electron chi connectivity index (χ3n) is 4.74. The van der Waals surface area contributed by atoms with Crippen molar-refractivity contribution in [3.05, 3.63) is 58.4 Å². The number of hydrogen-bond acceptors (Lipinski definition) is 5. The maximum absolute atomic E-state index is 14.4. The van der Waals surface area contributed by atoms with E-state index in [1.54, 1.807) is 17.0 Å². The van der Waals surface area contributed by atoms with E-state index >= 15 is 0 Å². The van der Waals surface area contributed by atoms with Gasteiger partial charge < -0.3 is 9.80 Å². The molecule has 10 heteroatoms. The lowest BCUT2D eigenvalue weighted by atomic mass is 10.1. The smallest absolute Gasteiger partial charge is 0.255 e. The fourth-order valence-electron chi connectivity index (χ4n) is 3.22. The van der Waals surface area contributed by atoms with Gasteiger partial charge in [-0.05, 0) is 43.3 Å². The van der Waals surface area contributed by atoms with E-state index < -0.39 is 21.7 Å². The highest BCUT2D eigenvalue weighted by molar-refractivity contribution is 7.89. The Morgan fingerprint density at radius 1 is 1.07 bits per heavy atom. The van der Waals surface area contributed by atoms with Gasteiger partial charge in [-0.1, -0.05) is 11.6 Å². The third-order valence-corrected chi connectivity index (χ3v) is 5.94. The molecule has 7 nitrogen and oxygen atoms in total. The fraction of sp³-hybridized carbons (Fsp3) is 0.263. The predicted octanol–water partition coefficient (Wildman–Crippen LogP) is 2.29. The first kappa shape index (κ1) is 21.2. The summed E-state index contributed by atoms with van der Waals surface area (Å²) in [5.41, 5.74) is 0.539. The molecule has 2 aromatic rings. The van der Waals surface area contributed by atoms with Crippen LogP contribution < -0.4 is 10.0 Å². The van der Waals surface area contributed by atoms with Crippen molar-refractivity contribution in [2.75, 3.05) is 31.1 Å². The number of anilines is 1. The summed E-state index contributed by atoms with van der Waals surface area (Å²) < 4.78 is 38.0. The van der Waals surface area contributed by atoms with Crippen LogP contribution in [-0.4, -0.2) is 51.2 Å². The van der Waals surface area contributed by atoms with Crippen LogP contribution in [0, 0.1) is 5.82 Å². The molecule has 2 N–H and O–H groups in total. The quantitative estimate of drug-likeness (QED) is 0.736. The summed E-state index contributed by atoms with van der Waals surface area (Å²) in [5, 5.41) is 5.42. The molecule has 1 heterocycles. The highest BCUT2D eigenvalue weighted by atomic mass is 35.5. The zero-order valence-electron chi connectivity index (χ0n) is 15.6. The molecular weight excluding hydrogens is 421 g/mol. The molecule has 0 spiro atoms. The molecule has 0 radical (unpaired) electrons. The van der Waals surface area contributed by atoms with E-state index in [-0.39, 0.29) is 39.9 Å². The molecule has 154 valence electrons. The highest BCUT2D eigenvalue weighted by Gasteiger charge is 2.27. The number of benzene rings is 2. The van der Waals surface area contributed by atoms with Gasteiger partial charge in [0.15, 0.2) is 5.78 Å². The molecule has 2 aromatic carbocycles. The number of hydrogen-bond donors (Lipinski definition) is 1. The number of nitrogens with two attached hydrogens (primary N) is 1. The van der Waals surface area contributed by atoms with Gasteiger partial charge in [0.25, 0.3) is 5.91 Å². The van der Waals surface area contributed by atoms with Gasteiger partial charge in [0.1, 0.15) is 5.82 Å². The summed E-state index contributed by atoms with van der Waals surface area (Å²) in [6.07, 6.45) is 0. The van der Waals surface area contributed by atoms with Crippen LogP contribution in [0.4, 0.5) is 10.1 Å². The van der Waals surface area contributed by atoms with Crippen LogP contribution in [0.25, 0.3) is 0 Å². The molecule has 0 atom stereocenters. The summed E-state index contributed by atoms with van der Waals surface area (Å²) in [6.45, 7) is 2.55. The Morgan fingerprint density at radius 2 is 1.72 bits per heavy atom. The zero-order chi connectivity index (χ0) is 21.3. The zero-order valence-corrected chi connectivity index (χ0v) is 17.1. The van der Waals surface area contributed by atoms with Gasteiger partial charge in [0.2, 0.25) is 10.0 Å². The Labute approximate surface area is 172 Å². The van der Waals surface area contributed by atoms with E-state index in [2.05, 4.69) is 0 Å². The Kier molecular flexibility index (Phi) is 5.92. The molecule has 0 saturated carbocycles. The Morgan fingerprint density at radius 3 is 2.28 bits per heavy atom. The first-order valence-electron chi connectivity index (χ1n) is 8.75. The number of nitrogens with zero attached hydrogens (tertiary/aromatic N) is 2. The lowest BCUT2D eigenvalue weighted by Gasteiger charge is -2.36. The number of carbonyl (C=O) groups is 2. The number of primary sulfonamides is 1. The maximum atomic E-state index is 14.4. The molecule has 0 bridgehead atoms. The van der Waals surface area contributed by atoms with Crippen LogP contribution in [0.5, 0.6) is 0 Å². The van der Waals surface area contributed by atoms with Crippen molar-refractivity contribution < 1.29 is 22.4 Å². The average molecular weight is 440 g/mol. The molecule has 1 fully saturated rings. The number of carbonyl (C=O) groups excluding carboxylic acids is 2. The number of sulfonamides is 1. The average Bonchev–Trinajstić information content (AvgIpc) is 2.66. The maximum Gasteiger partial charge on any atom is 0.255 e. The Bertz CT molecular complexity index is 1080. The van der Waals surface area contributed by atoms with Crippen molar-refractivity contribution in [2.24, 2.45) is 5.14 Å². The minimum absolute atomic E-state index is 0.0922. The normalized spacial score (nSPS) is 14.8. The molecule has 0 unspecified atom stereocenters. The van der Waals surface area contributed by atoms with E-state index in [0.717, 1.165) is 0 Å². The second-order valence-corrected chi connectivity index (χ2v) is 8.65. The number of amides is 1. The van der Waals surface area contributed by atoms with Crippen molar-refractivity contribution in [2.45, 2.75) is 11.8 Å². The summed E-state index contributed by atoms with van der Waals surface area (Å²) in [5.74, 6) is -1.24. The van der Waals surface area contributed by atoms with Crippen molar-refractivity contribution in [3.8, 4) is 0 Å². The fourth-order valence-corrected chi connectivity index (χ4v) is 4.10. The second-order valence-electron chi connectivity index (χ2n) is 6.69. The lowest BCUT2D eigenvalue weighted by molar-refractivity contribution is 0.0742. The van der Waals surface area contributed by atoms with E-state index in [9.17, 15) is 22.4 Å². The van der Waals surface area contributed by atoms with Gasteiger partial charge in [0, 0.05) is 36.8 Å². The highest BCUT2D eigenvalue weighted by Crippen LogP contribution is 2.25. The standard InChI is InChI=1S/C19H19ClFN3O4S/c1-12(25)13-2-4-17(16(21)10-13)23-6-8-24(9-7-23)19(26)15-11-14(20)3-5-18(15)29(22,27)28/h2-5,10-11H,6-9H2,1H3,(H2,22,27,28). The minimum Gasteiger partial charge on any atom is -0.366 e. The molecule has 0 aromatic heterocycles. The van der Waals surface area contributed by atoms with Gasteiger partial charge in [0.05, 0.1) is 16.1 Å². The molecule has 29 heavy (non-hydrogen) atoms. The van der Waals surface area contributed by atoms with Crippen molar-refractivity contribution in [3.63, 3.8) is 0 Å². The Hall–Kier alpha value is -2.49. The van der Waals surface area contributed by atoms with Crippen LogP contribution in [0.2, 0.25) is 5.02 Å². The summed E-state index contributed by atoms with van der Waals surface area (Å²) in [6, 6.07) is 8.12. The number of ketones is 1. The number of piperazine rings is 1. The van der Waals surface area contributed by atoms with Gasteiger partial charge >= 0.3 is 0 Å². The van der Waals surface area contributed by atoms with Gasteiger partial charge in [-0.2, -0.15) is 0 Å². The molecule has 1 amide bonds. The van der Waals surface area contributed by atoms with Crippen LogP contribution in [0.1, 0.15) is 27.6 Å². The molecule has 1 aliphatic rings. The Balaban J connectivity index is 1.77. The van der Waals surface area contributed by atoms with Crippen LogP contribution in [0.15, 0.2) is 41.3 Å². The van der Waals surface area contributed by atoms with E-state index in [0.29, 0.717) is 18.8 Å². The SMILES string of the molecule is CC(=O)c1ccc(N2CCN(C(=O)c3cc(Cl)ccc3S(N)(=O)=O)CC2)c(F)c1. The van der Waals surface area contributed by atoms with Crippen LogP contribution in [-0.2, 0) is 10.0 Å². The minimum atomic E-state index is -4.10. The van der Waals surface area contributed by atoms with E-state index in [1.165, 1.54) is 36.1 Å². The van der Waals surface area contributed by atoms with Gasteiger partial charge in [-0.3, -0.25) is 9.59 Å². The summed E-state index contributed by atoms with van der Waals surface area (Å²) in [4.78, 5) is 27.2. The second kappa shape index (κ2) is 8.10.